The Morgan fingerprint density at radius 3 is 1.13 bits per heavy atom. The van der Waals surface area contributed by atoms with Crippen molar-refractivity contribution < 1.29 is 88.2 Å². The average Bonchev–Trinajstić information content (AvgIpc) is 3.78. The number of aliphatic hydroxyl groups is 8. The van der Waals surface area contributed by atoms with Gasteiger partial charge in [0.2, 0.25) is 24.1 Å². The number of hydrogen-bond donors (Lipinski definition) is 8. The summed E-state index contributed by atoms with van der Waals surface area (Å²) in [4.78, 5) is 0. The Bertz CT molecular complexity index is 1360. The Morgan fingerprint density at radius 2 is 0.846 bits per heavy atom. The molecule has 0 unspecified atom stereocenters. The van der Waals surface area contributed by atoms with Gasteiger partial charge in [-0.1, -0.05) is 0 Å². The first-order valence-corrected chi connectivity index (χ1v) is 16.7. The van der Waals surface area contributed by atoms with Gasteiger partial charge in [-0.3, -0.25) is 0 Å². The van der Waals surface area contributed by atoms with Crippen molar-refractivity contribution in [3.63, 3.8) is 0 Å². The van der Waals surface area contributed by atoms with E-state index < -0.39 is 86.8 Å². The van der Waals surface area contributed by atoms with Gasteiger partial charge in [-0.05, 0) is 35.4 Å². The lowest BCUT2D eigenvalue weighted by Crippen LogP contribution is -2.60. The molecule has 4 aliphatic heterocycles. The highest BCUT2D eigenvalue weighted by atomic mass is 16.7. The number of aliphatic hydroxyl groups excluding tert-OH is 8. The van der Waals surface area contributed by atoms with E-state index in [4.69, 9.17) is 47.4 Å². The Hall–Kier alpha value is -3.24. The van der Waals surface area contributed by atoms with E-state index in [1.165, 1.54) is 28.4 Å². The summed E-state index contributed by atoms with van der Waals surface area (Å²) < 4.78 is 58.0. The molecule has 18 heteroatoms. The lowest BCUT2D eigenvalue weighted by Gasteiger charge is -2.39. The summed E-state index contributed by atoms with van der Waals surface area (Å²) >= 11 is 0. The summed E-state index contributed by atoms with van der Waals surface area (Å²) in [5.74, 6) is 0.683. The largest absolute Gasteiger partial charge is 0.493 e. The van der Waals surface area contributed by atoms with Gasteiger partial charge in [0.15, 0.2) is 23.0 Å². The van der Waals surface area contributed by atoms with E-state index in [0.29, 0.717) is 24.3 Å². The first-order valence-electron chi connectivity index (χ1n) is 16.7. The van der Waals surface area contributed by atoms with Crippen LogP contribution in [0, 0.1) is 11.8 Å². The smallest absolute Gasteiger partial charge is 0.229 e. The number of rotatable bonds is 12. The first kappa shape index (κ1) is 38.5. The van der Waals surface area contributed by atoms with Gasteiger partial charge in [-0.15, -0.1) is 0 Å². The molecule has 290 valence electrons. The van der Waals surface area contributed by atoms with Crippen LogP contribution in [0.15, 0.2) is 24.3 Å². The topological polar surface area (TPSA) is 254 Å². The van der Waals surface area contributed by atoms with E-state index >= 15 is 0 Å². The molecule has 4 saturated heterocycles. The number of benzene rings is 2. The molecular weight excluding hydrogens is 696 g/mol. The van der Waals surface area contributed by atoms with Crippen molar-refractivity contribution >= 4 is 0 Å². The monoisotopic (exact) mass is 742 g/mol. The van der Waals surface area contributed by atoms with Gasteiger partial charge in [-0.25, -0.2) is 0 Å². The third-order valence-corrected chi connectivity index (χ3v) is 10.1. The van der Waals surface area contributed by atoms with Gasteiger partial charge in [0, 0.05) is 11.8 Å². The predicted octanol–water partition coefficient (Wildman–Crippen LogP) is -1.85. The van der Waals surface area contributed by atoms with Crippen LogP contribution in [0.5, 0.6) is 34.5 Å². The maximum absolute atomic E-state index is 10.5. The van der Waals surface area contributed by atoms with Crippen LogP contribution in [0.2, 0.25) is 0 Å². The highest BCUT2D eigenvalue weighted by molar-refractivity contribution is 5.56. The van der Waals surface area contributed by atoms with Crippen LogP contribution in [0.1, 0.15) is 23.3 Å². The van der Waals surface area contributed by atoms with Gasteiger partial charge in [0.05, 0.1) is 67.1 Å². The van der Waals surface area contributed by atoms with Crippen LogP contribution >= 0.6 is 0 Å². The molecule has 14 atom stereocenters. The van der Waals surface area contributed by atoms with E-state index in [1.54, 1.807) is 24.3 Å². The summed E-state index contributed by atoms with van der Waals surface area (Å²) in [5, 5.41) is 81.0. The van der Waals surface area contributed by atoms with Gasteiger partial charge < -0.3 is 88.2 Å². The standard InChI is InChI=1S/C34H46O18/c1-43-17-5-13(6-18(44-2)31(17)51-33-27(41)25(39)23(37)21(9-35)49-33)29-15-11-48-30(16(15)12-47-29)14-7-19(45-3)32(20(8-14)46-4)52-34-28(42)26(40)24(38)22(10-36)50-34/h5-8,15-16,21-30,33-42H,9-12H2,1-4H3/t15-,16-,21+,22+,23+,24+,25-,26-,27+,28+,29+,30+,33-,34-/m0/s1. The summed E-state index contributed by atoms with van der Waals surface area (Å²) in [6, 6.07) is 6.78. The van der Waals surface area contributed by atoms with E-state index in [1.807, 2.05) is 0 Å². The van der Waals surface area contributed by atoms with Crippen LogP contribution in [0.4, 0.5) is 0 Å². The normalized spacial score (nSPS) is 37.3. The second-order valence-corrected chi connectivity index (χ2v) is 13.0. The fraction of sp³-hybridized carbons (Fsp3) is 0.647. The van der Waals surface area contributed by atoms with E-state index in [2.05, 4.69) is 0 Å². The average molecular weight is 743 g/mol. The summed E-state index contributed by atoms with van der Waals surface area (Å²) in [5.41, 5.74) is 1.37. The molecule has 0 aromatic heterocycles. The molecule has 6 rings (SSSR count). The molecule has 8 N–H and O–H groups in total. The van der Waals surface area contributed by atoms with E-state index in [-0.39, 0.29) is 46.3 Å². The molecule has 0 radical (unpaired) electrons. The first-order chi connectivity index (χ1) is 25.0. The molecule has 2 aromatic rings. The molecule has 18 nitrogen and oxygen atoms in total. The zero-order valence-corrected chi connectivity index (χ0v) is 28.9. The van der Waals surface area contributed by atoms with Crippen molar-refractivity contribution in [3.8, 4) is 34.5 Å². The Labute approximate surface area is 298 Å². The van der Waals surface area contributed by atoms with E-state index in [9.17, 15) is 40.9 Å². The van der Waals surface area contributed by atoms with E-state index in [0.717, 1.165) is 0 Å². The predicted molar refractivity (Wildman–Crippen MR) is 172 cm³/mol. The Balaban J connectivity index is 1.22. The Kier molecular flexibility index (Phi) is 11.8. The molecule has 52 heavy (non-hydrogen) atoms. The quantitative estimate of drug-likeness (QED) is 0.119. The number of ether oxygens (including phenoxy) is 10. The molecule has 0 bridgehead atoms. The molecule has 2 aromatic carbocycles. The van der Waals surface area contributed by atoms with Crippen molar-refractivity contribution in [2.75, 3.05) is 54.9 Å². The zero-order valence-electron chi connectivity index (χ0n) is 28.9. The summed E-state index contributed by atoms with van der Waals surface area (Å²) in [6.45, 7) is -0.604. The third-order valence-electron chi connectivity index (χ3n) is 10.1. The van der Waals surface area contributed by atoms with Gasteiger partial charge >= 0.3 is 0 Å². The van der Waals surface area contributed by atoms with Crippen LogP contribution in [0.25, 0.3) is 0 Å². The minimum Gasteiger partial charge on any atom is -0.493 e. The van der Waals surface area contributed by atoms with Gasteiger partial charge in [0.25, 0.3) is 0 Å². The van der Waals surface area contributed by atoms with Gasteiger partial charge in [-0.2, -0.15) is 0 Å². The summed E-state index contributed by atoms with van der Waals surface area (Å²) in [7, 11) is 5.66. The number of methoxy groups -OCH3 is 4. The minimum absolute atomic E-state index is 0.0541. The molecule has 0 spiro atoms. The molecule has 4 fully saturated rings. The molecular formula is C34H46O18. The van der Waals surface area contributed by atoms with Crippen molar-refractivity contribution in [1.82, 2.24) is 0 Å². The van der Waals surface area contributed by atoms with Crippen molar-refractivity contribution in [1.29, 1.82) is 0 Å². The van der Waals surface area contributed by atoms with Crippen LogP contribution in [-0.2, 0) is 18.9 Å². The summed E-state index contributed by atoms with van der Waals surface area (Å²) in [6.07, 6.45) is -15.9. The minimum atomic E-state index is -1.65. The molecule has 4 aliphatic rings. The maximum Gasteiger partial charge on any atom is 0.229 e. The van der Waals surface area contributed by atoms with Gasteiger partial charge in [0.1, 0.15) is 48.8 Å². The number of fused-ring (bicyclic) bond motifs is 1. The van der Waals surface area contributed by atoms with Crippen LogP contribution in [-0.4, -0.2) is 157 Å². The van der Waals surface area contributed by atoms with Crippen molar-refractivity contribution in [2.24, 2.45) is 11.8 Å². The lowest BCUT2D eigenvalue weighted by atomic mass is 9.84. The number of hydrogen-bond acceptors (Lipinski definition) is 18. The van der Waals surface area contributed by atoms with Crippen LogP contribution < -0.4 is 28.4 Å². The third kappa shape index (κ3) is 6.94. The second kappa shape index (κ2) is 16.0. The molecule has 0 amide bonds. The Morgan fingerprint density at radius 1 is 0.519 bits per heavy atom. The van der Waals surface area contributed by atoms with Crippen molar-refractivity contribution in [3.05, 3.63) is 35.4 Å². The zero-order chi connectivity index (χ0) is 37.4. The second-order valence-electron chi connectivity index (χ2n) is 13.0. The fourth-order valence-corrected chi connectivity index (χ4v) is 7.16. The highest BCUT2D eigenvalue weighted by Crippen LogP contribution is 2.54. The SMILES string of the molecule is COc1cc([C@H]2OC[C@H]3[C@@H]2CO[C@@H]3c2cc(OC)c(O[C@@H]3O[C@H](CO)[C@@H](O)[C@H](O)[C@H]3O)c(OC)c2)cc(OC)c1O[C@@H]1O[C@H](CO)[C@@H](O)[C@H](O)[C@H]1O. The molecule has 0 saturated carbocycles. The van der Waals surface area contributed by atoms with Crippen LogP contribution in [0.3, 0.4) is 0 Å². The molecule has 0 aliphatic carbocycles. The highest BCUT2D eigenvalue weighted by Gasteiger charge is 2.50. The molecule has 4 heterocycles. The van der Waals surface area contributed by atoms with Crippen molar-refractivity contribution in [2.45, 2.75) is 73.6 Å². The maximum atomic E-state index is 10.5. The fourth-order valence-electron chi connectivity index (χ4n) is 7.16. The lowest BCUT2D eigenvalue weighted by molar-refractivity contribution is -0.277.